The summed E-state index contributed by atoms with van der Waals surface area (Å²) in [5, 5.41) is 0. The molecule has 0 fully saturated rings. The number of rotatable bonds is 7. The van der Waals surface area contributed by atoms with Crippen LogP contribution in [0.3, 0.4) is 0 Å². The first-order valence-corrected chi connectivity index (χ1v) is 7.57. The lowest BCUT2D eigenvalue weighted by atomic mass is 10.2. The van der Waals surface area contributed by atoms with E-state index in [1.807, 2.05) is 31.2 Å². The average Bonchev–Trinajstić information content (AvgIpc) is 2.56. The molecule has 2 rings (SSSR count). The lowest BCUT2D eigenvalue weighted by molar-refractivity contribution is -0.131. The first-order chi connectivity index (χ1) is 11.1. The summed E-state index contributed by atoms with van der Waals surface area (Å²) in [6.07, 6.45) is 6.36. The molecule has 0 unspecified atom stereocenters. The molecule has 2 aromatic rings. The molecule has 0 atom stereocenters. The molecule has 6 heteroatoms. The molecule has 23 heavy (non-hydrogen) atoms. The highest BCUT2D eigenvalue weighted by Crippen LogP contribution is 2.09. The van der Waals surface area contributed by atoms with Gasteiger partial charge in [-0.1, -0.05) is 25.5 Å². The second-order valence-electron chi connectivity index (χ2n) is 5.20. The van der Waals surface area contributed by atoms with Crippen molar-refractivity contribution in [1.82, 2.24) is 14.9 Å². The van der Waals surface area contributed by atoms with Crippen LogP contribution in [0.1, 0.15) is 25.5 Å². The SMILES string of the molecule is CCCCN(CC(N)=O)C(=O)/C=C/c1cnc2ccccc2n1. The van der Waals surface area contributed by atoms with Crippen molar-refractivity contribution < 1.29 is 9.59 Å². The smallest absolute Gasteiger partial charge is 0.247 e. The third-order valence-electron chi connectivity index (χ3n) is 3.30. The fourth-order valence-corrected chi connectivity index (χ4v) is 2.12. The zero-order valence-corrected chi connectivity index (χ0v) is 13.1. The Labute approximate surface area is 135 Å². The number of hydrogen-bond donors (Lipinski definition) is 1. The van der Waals surface area contributed by atoms with E-state index in [0.29, 0.717) is 12.2 Å². The van der Waals surface area contributed by atoms with Gasteiger partial charge in [-0.2, -0.15) is 0 Å². The minimum Gasteiger partial charge on any atom is -0.368 e. The van der Waals surface area contributed by atoms with Crippen LogP contribution in [0, 0.1) is 0 Å². The molecule has 2 N–H and O–H groups in total. The lowest BCUT2D eigenvalue weighted by Crippen LogP contribution is -2.38. The second kappa shape index (κ2) is 8.03. The molecule has 2 amide bonds. The van der Waals surface area contributed by atoms with Gasteiger partial charge in [0.1, 0.15) is 0 Å². The zero-order valence-electron chi connectivity index (χ0n) is 13.1. The molecule has 1 aromatic heterocycles. The van der Waals surface area contributed by atoms with Crippen molar-refractivity contribution in [1.29, 1.82) is 0 Å². The Morgan fingerprint density at radius 1 is 1.26 bits per heavy atom. The third-order valence-corrected chi connectivity index (χ3v) is 3.30. The lowest BCUT2D eigenvalue weighted by Gasteiger charge is -2.18. The molecule has 0 saturated carbocycles. The Bertz CT molecular complexity index is 727. The Balaban J connectivity index is 2.11. The number of amides is 2. The van der Waals surface area contributed by atoms with E-state index in [-0.39, 0.29) is 12.5 Å². The maximum atomic E-state index is 12.2. The van der Waals surface area contributed by atoms with Crippen molar-refractivity contribution >= 4 is 28.9 Å². The van der Waals surface area contributed by atoms with Crippen molar-refractivity contribution in [2.75, 3.05) is 13.1 Å². The van der Waals surface area contributed by atoms with Crippen molar-refractivity contribution in [3.8, 4) is 0 Å². The van der Waals surface area contributed by atoms with E-state index >= 15 is 0 Å². The first-order valence-electron chi connectivity index (χ1n) is 7.57. The minimum atomic E-state index is -0.520. The van der Waals surface area contributed by atoms with Gasteiger partial charge in [-0.3, -0.25) is 14.6 Å². The number of nitrogens with two attached hydrogens (primary N) is 1. The van der Waals surface area contributed by atoms with Gasteiger partial charge in [0.05, 0.1) is 29.5 Å². The molecule has 120 valence electrons. The summed E-state index contributed by atoms with van der Waals surface area (Å²) in [6.45, 7) is 2.45. The van der Waals surface area contributed by atoms with Crippen molar-refractivity contribution in [2.24, 2.45) is 5.73 Å². The predicted octanol–water partition coefficient (Wildman–Crippen LogP) is 1.76. The highest BCUT2D eigenvalue weighted by Gasteiger charge is 2.12. The topological polar surface area (TPSA) is 89.2 Å². The van der Waals surface area contributed by atoms with E-state index < -0.39 is 5.91 Å². The highest BCUT2D eigenvalue weighted by molar-refractivity contribution is 5.94. The molecule has 0 aliphatic carbocycles. The molecule has 0 bridgehead atoms. The van der Waals surface area contributed by atoms with E-state index in [2.05, 4.69) is 9.97 Å². The maximum Gasteiger partial charge on any atom is 0.247 e. The summed E-state index contributed by atoms with van der Waals surface area (Å²) >= 11 is 0. The van der Waals surface area contributed by atoms with Gasteiger partial charge in [-0.05, 0) is 24.6 Å². The van der Waals surface area contributed by atoms with Crippen LogP contribution in [0.25, 0.3) is 17.1 Å². The summed E-state index contributed by atoms with van der Waals surface area (Å²) in [5.74, 6) is -0.777. The molecule has 0 aliphatic rings. The fourth-order valence-electron chi connectivity index (χ4n) is 2.12. The van der Waals surface area contributed by atoms with Gasteiger partial charge in [-0.15, -0.1) is 0 Å². The number of primary amides is 1. The number of carbonyl (C=O) groups excluding carboxylic acids is 2. The van der Waals surface area contributed by atoms with Crippen LogP contribution < -0.4 is 5.73 Å². The zero-order chi connectivity index (χ0) is 16.7. The summed E-state index contributed by atoms with van der Waals surface area (Å²) in [4.78, 5) is 33.4. The standard InChI is InChI=1S/C17H20N4O2/c1-2-3-10-21(12-16(18)22)17(23)9-8-13-11-19-14-6-4-5-7-15(14)20-13/h4-9,11H,2-3,10,12H2,1H3,(H2,18,22)/b9-8+. The van der Waals surface area contributed by atoms with Crippen LogP contribution in [0.2, 0.25) is 0 Å². The Morgan fingerprint density at radius 2 is 2.00 bits per heavy atom. The van der Waals surface area contributed by atoms with Gasteiger partial charge >= 0.3 is 0 Å². The van der Waals surface area contributed by atoms with Crippen LogP contribution in [-0.4, -0.2) is 39.8 Å². The molecule has 0 aliphatic heterocycles. The molecule has 0 spiro atoms. The monoisotopic (exact) mass is 312 g/mol. The van der Waals surface area contributed by atoms with Crippen LogP contribution in [-0.2, 0) is 9.59 Å². The average molecular weight is 312 g/mol. The molecule has 0 radical (unpaired) electrons. The molecule has 0 saturated heterocycles. The number of para-hydroxylation sites is 2. The van der Waals surface area contributed by atoms with E-state index in [0.717, 1.165) is 23.9 Å². The summed E-state index contributed by atoms with van der Waals surface area (Å²) in [7, 11) is 0. The van der Waals surface area contributed by atoms with Crippen LogP contribution in [0.5, 0.6) is 0 Å². The number of benzene rings is 1. The van der Waals surface area contributed by atoms with Crippen LogP contribution >= 0.6 is 0 Å². The Hall–Kier alpha value is -2.76. The maximum absolute atomic E-state index is 12.2. The van der Waals surface area contributed by atoms with Gasteiger partial charge in [-0.25, -0.2) is 4.98 Å². The second-order valence-corrected chi connectivity index (χ2v) is 5.20. The molecule has 1 heterocycles. The molecule has 1 aromatic carbocycles. The van der Waals surface area contributed by atoms with E-state index in [1.165, 1.54) is 11.0 Å². The van der Waals surface area contributed by atoms with Crippen molar-refractivity contribution in [3.63, 3.8) is 0 Å². The first kappa shape index (κ1) is 16.6. The normalized spacial score (nSPS) is 11.0. The summed E-state index contributed by atoms with van der Waals surface area (Å²) < 4.78 is 0. The number of fused-ring (bicyclic) bond motifs is 1. The Morgan fingerprint density at radius 3 is 2.70 bits per heavy atom. The number of carbonyl (C=O) groups is 2. The van der Waals surface area contributed by atoms with Gasteiger partial charge in [0.2, 0.25) is 11.8 Å². The fraction of sp³-hybridized carbons (Fsp3) is 0.294. The predicted molar refractivity (Wildman–Crippen MR) is 89.3 cm³/mol. The number of unbranched alkanes of at least 4 members (excludes halogenated alkanes) is 1. The molecule has 6 nitrogen and oxygen atoms in total. The van der Waals surface area contributed by atoms with Gasteiger partial charge in [0.15, 0.2) is 0 Å². The molecular formula is C17H20N4O2. The highest BCUT2D eigenvalue weighted by atomic mass is 16.2. The summed E-state index contributed by atoms with van der Waals surface area (Å²) in [6, 6.07) is 7.52. The van der Waals surface area contributed by atoms with Crippen molar-refractivity contribution in [2.45, 2.75) is 19.8 Å². The minimum absolute atomic E-state index is 0.0768. The van der Waals surface area contributed by atoms with E-state index in [1.54, 1.807) is 12.3 Å². The summed E-state index contributed by atoms with van der Waals surface area (Å²) in [5.41, 5.74) is 7.35. The van der Waals surface area contributed by atoms with Crippen LogP contribution in [0.15, 0.2) is 36.5 Å². The van der Waals surface area contributed by atoms with Gasteiger partial charge < -0.3 is 10.6 Å². The molecular weight excluding hydrogens is 292 g/mol. The third kappa shape index (κ3) is 4.88. The number of hydrogen-bond acceptors (Lipinski definition) is 4. The van der Waals surface area contributed by atoms with Gasteiger partial charge in [0, 0.05) is 12.6 Å². The Kier molecular flexibility index (Phi) is 5.80. The van der Waals surface area contributed by atoms with E-state index in [4.69, 9.17) is 5.73 Å². The number of aromatic nitrogens is 2. The van der Waals surface area contributed by atoms with E-state index in [9.17, 15) is 9.59 Å². The van der Waals surface area contributed by atoms with Crippen molar-refractivity contribution in [3.05, 3.63) is 42.2 Å². The quantitative estimate of drug-likeness (QED) is 0.789. The largest absolute Gasteiger partial charge is 0.368 e. The number of nitrogens with zero attached hydrogens (tertiary/aromatic N) is 3. The van der Waals surface area contributed by atoms with Gasteiger partial charge in [0.25, 0.3) is 0 Å². The van der Waals surface area contributed by atoms with Crippen LogP contribution in [0.4, 0.5) is 0 Å².